The molecule has 1 heterocycles. The van der Waals surface area contributed by atoms with Crippen LogP contribution in [0.15, 0.2) is 83.3 Å². The van der Waals surface area contributed by atoms with E-state index in [1.807, 2.05) is 61.2 Å². The Morgan fingerprint density at radius 3 is 2.44 bits per heavy atom. The summed E-state index contributed by atoms with van der Waals surface area (Å²) in [6.45, 7) is 8.55. The van der Waals surface area contributed by atoms with E-state index in [0.717, 1.165) is 45.1 Å². The van der Waals surface area contributed by atoms with Gasteiger partial charge in [-0.25, -0.2) is 0 Å². The molecule has 0 saturated carbocycles. The summed E-state index contributed by atoms with van der Waals surface area (Å²) in [5.74, 6) is 1.26. The molecule has 1 atom stereocenters. The molecule has 7 heteroatoms. The minimum Gasteiger partial charge on any atom is -0.497 e. The van der Waals surface area contributed by atoms with Crippen molar-refractivity contribution in [2.24, 2.45) is 11.1 Å². The van der Waals surface area contributed by atoms with Crippen LogP contribution in [0.4, 0.5) is 5.69 Å². The summed E-state index contributed by atoms with van der Waals surface area (Å²) in [6.07, 6.45) is 1.03. The molecular formula is C34H34ClN3O3. The van der Waals surface area contributed by atoms with Gasteiger partial charge in [-0.05, 0) is 84.8 Å². The molecule has 0 radical (unpaired) electrons. The van der Waals surface area contributed by atoms with Crippen LogP contribution in [0, 0.1) is 30.6 Å². The fourth-order valence-corrected chi connectivity index (χ4v) is 6.16. The third kappa shape index (κ3) is 5.42. The molecule has 0 spiro atoms. The second kappa shape index (κ2) is 11.0. The van der Waals surface area contributed by atoms with Gasteiger partial charge in [-0.3, -0.25) is 9.69 Å². The average molecular weight is 568 g/mol. The Morgan fingerprint density at radius 2 is 1.78 bits per heavy atom. The zero-order valence-corrected chi connectivity index (χ0v) is 24.8. The number of Topliss-reactive ketones (excluding diaryl/α,β-unsaturated/α-hetero) is 1. The number of nitrogens with zero attached hydrogens (tertiary/aromatic N) is 2. The number of carbonyl (C=O) groups is 1. The zero-order valence-electron chi connectivity index (χ0n) is 24.0. The lowest BCUT2D eigenvalue weighted by molar-refractivity contribution is -0.118. The molecule has 0 fully saturated rings. The number of benzene rings is 3. The van der Waals surface area contributed by atoms with Gasteiger partial charge in [0.05, 0.1) is 24.7 Å². The second-order valence-electron chi connectivity index (χ2n) is 11.6. The van der Waals surface area contributed by atoms with Gasteiger partial charge in [0.2, 0.25) is 0 Å². The van der Waals surface area contributed by atoms with Crippen molar-refractivity contribution in [3.63, 3.8) is 0 Å². The topological polar surface area (TPSA) is 88.6 Å². The smallest absolute Gasteiger partial charge is 0.162 e. The lowest BCUT2D eigenvalue weighted by Crippen LogP contribution is -2.42. The number of hydrogen-bond acceptors (Lipinski definition) is 6. The summed E-state index contributed by atoms with van der Waals surface area (Å²) >= 11 is 6.36. The van der Waals surface area contributed by atoms with Crippen LogP contribution >= 0.6 is 11.6 Å². The third-order valence-corrected chi connectivity index (χ3v) is 8.15. The van der Waals surface area contributed by atoms with Crippen molar-refractivity contribution in [3.8, 4) is 17.6 Å². The van der Waals surface area contributed by atoms with E-state index in [4.69, 9.17) is 26.8 Å². The molecule has 2 N–H and O–H groups in total. The molecule has 0 aromatic heterocycles. The van der Waals surface area contributed by atoms with Gasteiger partial charge in [-0.1, -0.05) is 49.2 Å². The van der Waals surface area contributed by atoms with E-state index in [2.05, 4.69) is 32.0 Å². The largest absolute Gasteiger partial charge is 0.497 e. The van der Waals surface area contributed by atoms with E-state index < -0.39 is 5.92 Å². The molecule has 1 unspecified atom stereocenters. The molecule has 0 amide bonds. The molecule has 1 aliphatic heterocycles. The number of rotatable bonds is 6. The van der Waals surface area contributed by atoms with Crippen LogP contribution in [0.25, 0.3) is 0 Å². The van der Waals surface area contributed by atoms with Crippen molar-refractivity contribution >= 4 is 23.1 Å². The Balaban J connectivity index is 1.64. The van der Waals surface area contributed by atoms with Gasteiger partial charge in [-0.2, -0.15) is 5.26 Å². The SMILES string of the molecule is COc1ccc(OCc2cc(C)cc(C3C(C#N)=C(N)N(c4cccc(Cl)c4)C4=C3C(=O)CC(C)(C)C4)c2C)cc1. The number of anilines is 1. The number of halogens is 1. The molecule has 2 aliphatic rings. The zero-order chi connectivity index (χ0) is 29.5. The van der Waals surface area contributed by atoms with Gasteiger partial charge >= 0.3 is 0 Å². The minimum absolute atomic E-state index is 0.0328. The Morgan fingerprint density at radius 1 is 1.07 bits per heavy atom. The monoisotopic (exact) mass is 567 g/mol. The highest BCUT2D eigenvalue weighted by Gasteiger charge is 2.45. The number of ketones is 1. The van der Waals surface area contributed by atoms with Gasteiger partial charge in [-0.15, -0.1) is 0 Å². The van der Waals surface area contributed by atoms with Gasteiger partial charge in [0, 0.05) is 28.4 Å². The van der Waals surface area contributed by atoms with Gasteiger partial charge < -0.3 is 15.2 Å². The standard InChI is InChI=1S/C34H34ClN3O3/c1-20-13-22(19-41-26-11-9-25(40-5)10-12-26)21(2)27(14-20)31-28(18-36)33(37)38(24-8-6-7-23(35)15-24)29-16-34(3,4)17-30(39)32(29)31/h6-15,31H,16-17,19,37H2,1-5H3. The first-order valence-electron chi connectivity index (χ1n) is 13.6. The molecule has 0 saturated heterocycles. The number of nitriles is 1. The molecule has 3 aromatic carbocycles. The number of ether oxygens (including phenoxy) is 2. The third-order valence-electron chi connectivity index (χ3n) is 7.91. The summed E-state index contributed by atoms with van der Waals surface area (Å²) in [4.78, 5) is 15.8. The van der Waals surface area contributed by atoms with Gasteiger partial charge in [0.15, 0.2) is 5.78 Å². The fourth-order valence-electron chi connectivity index (χ4n) is 5.98. The van der Waals surface area contributed by atoms with E-state index in [0.29, 0.717) is 41.4 Å². The van der Waals surface area contributed by atoms with Crippen molar-refractivity contribution in [1.29, 1.82) is 5.26 Å². The number of methoxy groups -OCH3 is 1. The number of allylic oxidation sites excluding steroid dienone is 3. The van der Waals surface area contributed by atoms with Crippen LogP contribution < -0.4 is 20.1 Å². The number of aryl methyl sites for hydroxylation is 1. The molecule has 3 aromatic rings. The van der Waals surface area contributed by atoms with Crippen LogP contribution in [-0.4, -0.2) is 12.9 Å². The van der Waals surface area contributed by atoms with E-state index in [-0.39, 0.29) is 11.2 Å². The van der Waals surface area contributed by atoms with Crippen LogP contribution in [0.5, 0.6) is 11.5 Å². The summed E-state index contributed by atoms with van der Waals surface area (Å²) in [5.41, 5.74) is 13.0. The van der Waals surface area contributed by atoms with Gasteiger partial charge in [0.1, 0.15) is 23.9 Å². The summed E-state index contributed by atoms with van der Waals surface area (Å²) < 4.78 is 11.4. The van der Waals surface area contributed by atoms with Crippen molar-refractivity contribution in [2.75, 3.05) is 12.0 Å². The highest BCUT2D eigenvalue weighted by atomic mass is 35.5. The predicted molar refractivity (Wildman–Crippen MR) is 162 cm³/mol. The molecular weight excluding hydrogens is 534 g/mol. The highest BCUT2D eigenvalue weighted by molar-refractivity contribution is 6.30. The average Bonchev–Trinajstić information content (AvgIpc) is 2.92. The van der Waals surface area contributed by atoms with E-state index in [1.54, 1.807) is 13.2 Å². The first kappa shape index (κ1) is 28.3. The van der Waals surface area contributed by atoms with E-state index in [9.17, 15) is 10.1 Å². The maximum Gasteiger partial charge on any atom is 0.162 e. The Bertz CT molecular complexity index is 1630. The predicted octanol–water partition coefficient (Wildman–Crippen LogP) is 7.49. The summed E-state index contributed by atoms with van der Waals surface area (Å²) in [5, 5.41) is 11.1. The van der Waals surface area contributed by atoms with Crippen molar-refractivity contribution in [1.82, 2.24) is 0 Å². The summed E-state index contributed by atoms with van der Waals surface area (Å²) in [6, 6.07) is 21.3. The molecule has 6 nitrogen and oxygen atoms in total. The molecule has 1 aliphatic carbocycles. The van der Waals surface area contributed by atoms with Crippen LogP contribution in [0.1, 0.15) is 54.9 Å². The van der Waals surface area contributed by atoms with E-state index in [1.165, 1.54) is 0 Å². The Labute approximate surface area is 246 Å². The van der Waals surface area contributed by atoms with Crippen LogP contribution in [-0.2, 0) is 11.4 Å². The first-order valence-corrected chi connectivity index (χ1v) is 14.0. The summed E-state index contributed by atoms with van der Waals surface area (Å²) in [7, 11) is 1.63. The second-order valence-corrected chi connectivity index (χ2v) is 12.0. The fraction of sp³-hybridized carbons (Fsp3) is 0.294. The van der Waals surface area contributed by atoms with Crippen molar-refractivity contribution < 1.29 is 14.3 Å². The normalized spacial score (nSPS) is 18.2. The minimum atomic E-state index is -0.575. The Kier molecular flexibility index (Phi) is 7.59. The highest BCUT2D eigenvalue weighted by Crippen LogP contribution is 2.51. The van der Waals surface area contributed by atoms with Gasteiger partial charge in [0.25, 0.3) is 0 Å². The molecule has 5 rings (SSSR count). The van der Waals surface area contributed by atoms with E-state index >= 15 is 0 Å². The molecule has 210 valence electrons. The van der Waals surface area contributed by atoms with Crippen molar-refractivity contribution in [3.05, 3.63) is 111 Å². The number of hydrogen-bond donors (Lipinski definition) is 1. The maximum atomic E-state index is 14.0. The maximum absolute atomic E-state index is 14.0. The number of carbonyl (C=O) groups excluding carboxylic acids is 1. The lowest BCUT2D eigenvalue weighted by atomic mass is 9.68. The first-order chi connectivity index (χ1) is 19.5. The van der Waals surface area contributed by atoms with Crippen LogP contribution in [0.3, 0.4) is 0 Å². The quantitative estimate of drug-likeness (QED) is 0.332. The molecule has 41 heavy (non-hydrogen) atoms. The van der Waals surface area contributed by atoms with Crippen LogP contribution in [0.2, 0.25) is 5.02 Å². The van der Waals surface area contributed by atoms with Crippen molar-refractivity contribution in [2.45, 2.75) is 53.1 Å². The molecule has 0 bridgehead atoms. The Hall–Kier alpha value is -4.21. The number of nitrogens with two attached hydrogens (primary N) is 1. The lowest BCUT2D eigenvalue weighted by Gasteiger charge is -2.44.